The number of aromatic nitrogens is 1. The summed E-state index contributed by atoms with van der Waals surface area (Å²) in [6, 6.07) is 10.3. The van der Waals surface area contributed by atoms with Crippen LogP contribution in [0.4, 0.5) is 5.69 Å². The van der Waals surface area contributed by atoms with E-state index in [4.69, 9.17) is 0 Å². The predicted molar refractivity (Wildman–Crippen MR) is 97.1 cm³/mol. The zero-order valence-electron chi connectivity index (χ0n) is 14.3. The summed E-state index contributed by atoms with van der Waals surface area (Å²) in [5.41, 5.74) is 3.79. The quantitative estimate of drug-likeness (QED) is 0.836. The number of piperidine rings is 1. The number of para-hydroxylation sites is 1. The fraction of sp³-hybridized carbons (Fsp3) is 0.550. The first kappa shape index (κ1) is 14.9. The van der Waals surface area contributed by atoms with Gasteiger partial charge in [0.05, 0.1) is 5.52 Å². The predicted octanol–water partition coefficient (Wildman–Crippen LogP) is 4.00. The van der Waals surface area contributed by atoms with Crippen LogP contribution < -0.4 is 4.90 Å². The highest BCUT2D eigenvalue weighted by atomic mass is 15.2. The van der Waals surface area contributed by atoms with E-state index in [2.05, 4.69) is 52.9 Å². The number of aryl methyl sites for hydroxylation is 1. The molecule has 0 N–H and O–H groups in total. The molecule has 3 nitrogen and oxygen atoms in total. The van der Waals surface area contributed by atoms with E-state index in [1.54, 1.807) is 0 Å². The normalized spacial score (nSPS) is 23.7. The summed E-state index contributed by atoms with van der Waals surface area (Å²) in [5.74, 6) is 0. The lowest BCUT2D eigenvalue weighted by Crippen LogP contribution is -2.46. The van der Waals surface area contributed by atoms with Crippen molar-refractivity contribution in [2.24, 2.45) is 0 Å². The van der Waals surface area contributed by atoms with Crippen LogP contribution >= 0.6 is 0 Å². The third-order valence-corrected chi connectivity index (χ3v) is 5.83. The van der Waals surface area contributed by atoms with Crippen molar-refractivity contribution < 1.29 is 0 Å². The lowest BCUT2D eigenvalue weighted by atomic mass is 10.0. The van der Waals surface area contributed by atoms with Gasteiger partial charge in [-0.2, -0.15) is 0 Å². The number of hydrogen-bond donors (Lipinski definition) is 0. The van der Waals surface area contributed by atoms with Crippen molar-refractivity contribution in [3.63, 3.8) is 0 Å². The lowest BCUT2D eigenvalue weighted by molar-refractivity contribution is 0.163. The van der Waals surface area contributed by atoms with E-state index in [0.717, 1.165) is 17.6 Å². The van der Waals surface area contributed by atoms with Crippen LogP contribution in [0.5, 0.6) is 0 Å². The third-order valence-electron chi connectivity index (χ3n) is 5.83. The Balaban J connectivity index is 1.54. The largest absolute Gasteiger partial charge is 0.371 e. The van der Waals surface area contributed by atoms with E-state index in [-0.39, 0.29) is 0 Å². The second-order valence-electron chi connectivity index (χ2n) is 7.25. The molecule has 3 heterocycles. The monoisotopic (exact) mass is 309 g/mol. The van der Waals surface area contributed by atoms with Gasteiger partial charge < -0.3 is 4.90 Å². The van der Waals surface area contributed by atoms with Gasteiger partial charge in [-0.1, -0.05) is 18.2 Å². The summed E-state index contributed by atoms with van der Waals surface area (Å²) in [6.07, 6.45) is 7.32. The van der Waals surface area contributed by atoms with Crippen molar-refractivity contribution in [3.05, 3.63) is 36.0 Å². The molecule has 1 atom stereocenters. The average molecular weight is 309 g/mol. The Morgan fingerprint density at radius 2 is 1.87 bits per heavy atom. The van der Waals surface area contributed by atoms with Gasteiger partial charge in [0.25, 0.3) is 0 Å². The highest BCUT2D eigenvalue weighted by molar-refractivity contribution is 5.93. The van der Waals surface area contributed by atoms with E-state index in [9.17, 15) is 0 Å². The number of rotatable bonds is 2. The van der Waals surface area contributed by atoms with Crippen LogP contribution in [0.2, 0.25) is 0 Å². The zero-order chi connectivity index (χ0) is 15.8. The SMILES string of the molecule is Cc1cccc2c(N3CCC(N4CCCC4C)CC3)ccnc12. The summed E-state index contributed by atoms with van der Waals surface area (Å²) >= 11 is 0. The number of pyridine rings is 1. The molecule has 3 heteroatoms. The van der Waals surface area contributed by atoms with Gasteiger partial charge in [0.15, 0.2) is 0 Å². The van der Waals surface area contributed by atoms with E-state index in [1.807, 2.05) is 6.20 Å². The average Bonchev–Trinajstić information content (AvgIpc) is 3.01. The summed E-state index contributed by atoms with van der Waals surface area (Å²) in [7, 11) is 0. The van der Waals surface area contributed by atoms with Crippen molar-refractivity contribution in [2.75, 3.05) is 24.5 Å². The topological polar surface area (TPSA) is 19.4 Å². The Hall–Kier alpha value is -1.61. The van der Waals surface area contributed by atoms with Crippen molar-refractivity contribution >= 4 is 16.6 Å². The van der Waals surface area contributed by atoms with Crippen molar-refractivity contribution in [3.8, 4) is 0 Å². The van der Waals surface area contributed by atoms with Crippen LogP contribution in [0.25, 0.3) is 10.9 Å². The Labute approximate surface area is 139 Å². The molecule has 2 aromatic rings. The molecule has 0 amide bonds. The van der Waals surface area contributed by atoms with Gasteiger partial charge in [-0.05, 0) is 57.7 Å². The van der Waals surface area contributed by atoms with Crippen LogP contribution in [0, 0.1) is 6.92 Å². The molecule has 1 aromatic carbocycles. The number of fused-ring (bicyclic) bond motifs is 1. The number of nitrogens with zero attached hydrogens (tertiary/aromatic N) is 3. The number of benzene rings is 1. The lowest BCUT2D eigenvalue weighted by Gasteiger charge is -2.39. The van der Waals surface area contributed by atoms with E-state index in [0.29, 0.717) is 0 Å². The van der Waals surface area contributed by atoms with Gasteiger partial charge in [0.2, 0.25) is 0 Å². The second-order valence-corrected chi connectivity index (χ2v) is 7.25. The van der Waals surface area contributed by atoms with Crippen LogP contribution in [0.15, 0.2) is 30.5 Å². The minimum absolute atomic E-state index is 0.788. The number of anilines is 1. The molecule has 0 aliphatic carbocycles. The summed E-state index contributed by atoms with van der Waals surface area (Å²) in [5, 5.41) is 1.31. The van der Waals surface area contributed by atoms with E-state index in [1.165, 1.54) is 62.0 Å². The fourth-order valence-electron chi connectivity index (χ4n) is 4.52. The van der Waals surface area contributed by atoms with Crippen molar-refractivity contribution in [2.45, 2.75) is 51.6 Å². The summed E-state index contributed by atoms with van der Waals surface area (Å²) < 4.78 is 0. The minimum atomic E-state index is 0.788. The first-order valence-electron chi connectivity index (χ1n) is 9.09. The van der Waals surface area contributed by atoms with Crippen LogP contribution in [0.1, 0.15) is 38.2 Å². The maximum Gasteiger partial charge on any atom is 0.0751 e. The third kappa shape index (κ3) is 2.72. The van der Waals surface area contributed by atoms with Gasteiger partial charge in [-0.15, -0.1) is 0 Å². The second kappa shape index (κ2) is 6.12. The van der Waals surface area contributed by atoms with Crippen LogP contribution in [-0.2, 0) is 0 Å². The molecule has 122 valence electrons. The van der Waals surface area contributed by atoms with Gasteiger partial charge in [0, 0.05) is 42.4 Å². The molecule has 1 unspecified atom stereocenters. The van der Waals surface area contributed by atoms with E-state index < -0.39 is 0 Å². The minimum Gasteiger partial charge on any atom is -0.371 e. The number of hydrogen-bond acceptors (Lipinski definition) is 3. The summed E-state index contributed by atoms with van der Waals surface area (Å²) in [6.45, 7) is 8.20. The zero-order valence-corrected chi connectivity index (χ0v) is 14.3. The highest BCUT2D eigenvalue weighted by Gasteiger charge is 2.30. The molecule has 2 saturated heterocycles. The first-order valence-corrected chi connectivity index (χ1v) is 9.09. The highest BCUT2D eigenvalue weighted by Crippen LogP contribution is 2.31. The molecule has 23 heavy (non-hydrogen) atoms. The maximum absolute atomic E-state index is 4.59. The Morgan fingerprint density at radius 1 is 1.04 bits per heavy atom. The molecule has 2 fully saturated rings. The summed E-state index contributed by atoms with van der Waals surface area (Å²) in [4.78, 5) is 9.92. The molecule has 4 rings (SSSR count). The van der Waals surface area contributed by atoms with Gasteiger partial charge in [-0.25, -0.2) is 0 Å². The molecule has 0 bridgehead atoms. The van der Waals surface area contributed by atoms with Gasteiger partial charge in [-0.3, -0.25) is 9.88 Å². The standard InChI is InChI=1S/C20H27N3/c1-15-5-3-7-18-19(8-11-21-20(15)18)22-13-9-17(10-14-22)23-12-4-6-16(23)2/h3,5,7-8,11,16-17H,4,6,9-10,12-14H2,1-2H3. The Morgan fingerprint density at radius 3 is 2.61 bits per heavy atom. The fourth-order valence-corrected chi connectivity index (χ4v) is 4.52. The Bertz CT molecular complexity index is 688. The van der Waals surface area contributed by atoms with Gasteiger partial charge >= 0.3 is 0 Å². The van der Waals surface area contributed by atoms with Crippen LogP contribution in [-0.4, -0.2) is 41.6 Å². The molecular formula is C20H27N3. The van der Waals surface area contributed by atoms with E-state index >= 15 is 0 Å². The number of likely N-dealkylation sites (tertiary alicyclic amines) is 1. The smallest absolute Gasteiger partial charge is 0.0751 e. The molecule has 0 radical (unpaired) electrons. The molecule has 2 aliphatic heterocycles. The van der Waals surface area contributed by atoms with Crippen LogP contribution in [0.3, 0.4) is 0 Å². The molecule has 2 aliphatic rings. The van der Waals surface area contributed by atoms with Crippen molar-refractivity contribution in [1.29, 1.82) is 0 Å². The molecule has 0 saturated carbocycles. The first-order chi connectivity index (χ1) is 11.2. The van der Waals surface area contributed by atoms with Crippen molar-refractivity contribution in [1.82, 2.24) is 9.88 Å². The molecule has 1 aromatic heterocycles. The molecule has 0 spiro atoms. The molecular weight excluding hydrogens is 282 g/mol. The van der Waals surface area contributed by atoms with Gasteiger partial charge in [0.1, 0.15) is 0 Å². The maximum atomic E-state index is 4.59. The Kier molecular flexibility index (Phi) is 3.98.